The quantitative estimate of drug-likeness (QED) is 0.599. The molecule has 0 saturated carbocycles. The molecule has 0 aliphatic carbocycles. The molecular weight excluding hydrogens is 316 g/mol. The van der Waals surface area contributed by atoms with Gasteiger partial charge in [-0.3, -0.25) is 4.68 Å². The average Bonchev–Trinajstić information content (AvgIpc) is 2.78. The lowest BCUT2D eigenvalue weighted by molar-refractivity contribution is 0.0772. The van der Waals surface area contributed by atoms with E-state index in [1.54, 1.807) is 0 Å². The predicted molar refractivity (Wildman–Crippen MR) is 87.9 cm³/mol. The van der Waals surface area contributed by atoms with Crippen molar-refractivity contribution < 1.29 is 4.74 Å². The smallest absolute Gasteiger partial charge is 0.0896 e. The third-order valence-corrected chi connectivity index (χ3v) is 4.75. The number of ether oxygens (including phenoxy) is 1. The van der Waals surface area contributed by atoms with E-state index in [1.165, 1.54) is 31.4 Å². The van der Waals surface area contributed by atoms with Gasteiger partial charge in [-0.25, -0.2) is 0 Å². The normalized spacial score (nSPS) is 12.8. The third kappa shape index (κ3) is 4.88. The lowest BCUT2D eigenvalue weighted by atomic mass is 10.0. The number of aromatic nitrogens is 2. The zero-order valence-corrected chi connectivity index (χ0v) is 15.0. The molecule has 0 aliphatic rings. The Morgan fingerprint density at radius 1 is 1.25 bits per heavy atom. The van der Waals surface area contributed by atoms with Crippen molar-refractivity contribution in [2.24, 2.45) is 5.92 Å². The van der Waals surface area contributed by atoms with Crippen LogP contribution in [0.1, 0.15) is 64.8 Å². The second-order valence-corrected chi connectivity index (χ2v) is 6.10. The van der Waals surface area contributed by atoms with Crippen LogP contribution in [0.4, 0.5) is 0 Å². The highest BCUT2D eigenvalue weighted by Crippen LogP contribution is 2.23. The predicted octanol–water partition coefficient (Wildman–Crippen LogP) is 4.96. The summed E-state index contributed by atoms with van der Waals surface area (Å²) < 4.78 is 9.14. The molecule has 1 heterocycles. The topological polar surface area (TPSA) is 27.1 Å². The molecule has 1 aromatic rings. The molecule has 0 radical (unpaired) electrons. The highest BCUT2D eigenvalue weighted by Gasteiger charge is 2.14. The van der Waals surface area contributed by atoms with Gasteiger partial charge in [0.05, 0.1) is 22.5 Å². The minimum atomic E-state index is 0.657. The summed E-state index contributed by atoms with van der Waals surface area (Å²) in [4.78, 5) is 0. The number of hydrogen-bond donors (Lipinski definition) is 0. The van der Waals surface area contributed by atoms with Crippen molar-refractivity contribution in [1.29, 1.82) is 0 Å². The summed E-state index contributed by atoms with van der Waals surface area (Å²) in [6.07, 6.45) is 6.01. The molecule has 0 saturated heterocycles. The zero-order valence-electron chi connectivity index (χ0n) is 13.4. The molecule has 0 spiro atoms. The van der Waals surface area contributed by atoms with E-state index in [0.29, 0.717) is 12.5 Å². The Bertz CT molecular complexity index is 390. The Morgan fingerprint density at radius 2 is 2.00 bits per heavy atom. The molecule has 0 aliphatic heterocycles. The van der Waals surface area contributed by atoms with Gasteiger partial charge in [0, 0.05) is 13.2 Å². The maximum Gasteiger partial charge on any atom is 0.0896 e. The summed E-state index contributed by atoms with van der Waals surface area (Å²) in [6.45, 7) is 11.2. The maximum absolute atomic E-state index is 5.96. The third-order valence-electron chi connectivity index (χ3n) is 3.83. The van der Waals surface area contributed by atoms with Gasteiger partial charge < -0.3 is 4.74 Å². The second-order valence-electron chi connectivity index (χ2n) is 5.31. The summed E-state index contributed by atoms with van der Waals surface area (Å²) in [5, 5.41) is 4.60. The van der Waals surface area contributed by atoms with Crippen LogP contribution < -0.4 is 0 Å². The molecule has 1 unspecified atom stereocenters. The molecular formula is C16H29BrN2O. The standard InChI is InChI=1S/C16H29BrN2O/c1-5-9-10-13(6-2)11-20-12-15-16(17)14(7-3)18-19(15)8-4/h13H,5-12H2,1-4H3. The summed E-state index contributed by atoms with van der Waals surface area (Å²) in [5.41, 5.74) is 2.30. The maximum atomic E-state index is 5.96. The molecule has 3 nitrogen and oxygen atoms in total. The average molecular weight is 345 g/mol. The fourth-order valence-electron chi connectivity index (χ4n) is 2.38. The highest BCUT2D eigenvalue weighted by molar-refractivity contribution is 9.10. The monoisotopic (exact) mass is 344 g/mol. The zero-order chi connectivity index (χ0) is 15.0. The Balaban J connectivity index is 2.54. The van der Waals surface area contributed by atoms with Crippen molar-refractivity contribution in [2.45, 2.75) is 73.0 Å². The van der Waals surface area contributed by atoms with Gasteiger partial charge in [0.25, 0.3) is 0 Å². The molecule has 0 N–H and O–H groups in total. The molecule has 1 rings (SSSR count). The number of hydrogen-bond acceptors (Lipinski definition) is 2. The van der Waals surface area contributed by atoms with E-state index in [-0.39, 0.29) is 0 Å². The molecule has 116 valence electrons. The van der Waals surface area contributed by atoms with Gasteiger partial charge in [-0.1, -0.05) is 40.0 Å². The van der Waals surface area contributed by atoms with E-state index in [0.717, 1.165) is 29.7 Å². The largest absolute Gasteiger partial charge is 0.375 e. The molecule has 0 aromatic carbocycles. The van der Waals surface area contributed by atoms with E-state index in [1.807, 2.05) is 0 Å². The van der Waals surface area contributed by atoms with Gasteiger partial charge in [0.1, 0.15) is 0 Å². The Morgan fingerprint density at radius 3 is 2.55 bits per heavy atom. The lowest BCUT2D eigenvalue weighted by Crippen LogP contribution is -2.11. The lowest BCUT2D eigenvalue weighted by Gasteiger charge is -2.15. The van der Waals surface area contributed by atoms with Gasteiger partial charge in [0.2, 0.25) is 0 Å². The molecule has 20 heavy (non-hydrogen) atoms. The van der Waals surface area contributed by atoms with Gasteiger partial charge in [0.15, 0.2) is 0 Å². The molecule has 0 bridgehead atoms. The number of aryl methyl sites for hydroxylation is 2. The van der Waals surface area contributed by atoms with E-state index >= 15 is 0 Å². The number of unbranched alkanes of at least 4 members (excludes halogenated alkanes) is 1. The van der Waals surface area contributed by atoms with Crippen LogP contribution in [0.15, 0.2) is 4.47 Å². The van der Waals surface area contributed by atoms with Crippen LogP contribution in [-0.2, 0) is 24.3 Å². The Labute approximate surface area is 132 Å². The minimum Gasteiger partial charge on any atom is -0.375 e. The van der Waals surface area contributed by atoms with Crippen molar-refractivity contribution in [3.63, 3.8) is 0 Å². The van der Waals surface area contributed by atoms with Gasteiger partial charge in [-0.15, -0.1) is 0 Å². The van der Waals surface area contributed by atoms with Crippen LogP contribution in [0, 0.1) is 5.92 Å². The summed E-state index contributed by atoms with van der Waals surface area (Å²) in [5.74, 6) is 0.692. The van der Waals surface area contributed by atoms with Crippen molar-refractivity contribution in [1.82, 2.24) is 9.78 Å². The first-order valence-corrected chi connectivity index (χ1v) is 8.78. The first-order chi connectivity index (χ1) is 9.67. The van der Waals surface area contributed by atoms with Crippen molar-refractivity contribution >= 4 is 15.9 Å². The van der Waals surface area contributed by atoms with Gasteiger partial charge in [-0.05, 0) is 41.6 Å². The van der Waals surface area contributed by atoms with E-state index in [2.05, 4.69) is 53.4 Å². The Hall–Kier alpha value is -0.350. The van der Waals surface area contributed by atoms with Crippen LogP contribution in [0.2, 0.25) is 0 Å². The van der Waals surface area contributed by atoms with E-state index in [4.69, 9.17) is 4.74 Å². The fraction of sp³-hybridized carbons (Fsp3) is 0.812. The molecule has 4 heteroatoms. The van der Waals surface area contributed by atoms with Crippen LogP contribution in [0.25, 0.3) is 0 Å². The van der Waals surface area contributed by atoms with Crippen molar-refractivity contribution in [3.05, 3.63) is 15.9 Å². The number of rotatable bonds is 10. The van der Waals surface area contributed by atoms with E-state index in [9.17, 15) is 0 Å². The summed E-state index contributed by atoms with van der Waals surface area (Å²) in [7, 11) is 0. The first kappa shape index (κ1) is 17.7. The molecule has 0 amide bonds. The fourth-order valence-corrected chi connectivity index (χ4v) is 3.05. The Kier molecular flexibility index (Phi) is 8.46. The van der Waals surface area contributed by atoms with Gasteiger partial charge in [-0.2, -0.15) is 5.10 Å². The molecule has 1 aromatic heterocycles. The number of halogens is 1. The minimum absolute atomic E-state index is 0.657. The molecule has 0 fully saturated rings. The van der Waals surface area contributed by atoms with Crippen molar-refractivity contribution in [3.8, 4) is 0 Å². The molecule has 1 atom stereocenters. The van der Waals surface area contributed by atoms with Crippen LogP contribution >= 0.6 is 15.9 Å². The summed E-state index contributed by atoms with van der Waals surface area (Å²) >= 11 is 3.67. The summed E-state index contributed by atoms with van der Waals surface area (Å²) in [6, 6.07) is 0. The SMILES string of the molecule is CCCCC(CC)COCc1c(Br)c(CC)nn1CC. The van der Waals surface area contributed by atoms with E-state index < -0.39 is 0 Å². The highest BCUT2D eigenvalue weighted by atomic mass is 79.9. The number of nitrogens with zero attached hydrogens (tertiary/aromatic N) is 2. The van der Waals surface area contributed by atoms with Crippen LogP contribution in [-0.4, -0.2) is 16.4 Å². The van der Waals surface area contributed by atoms with Gasteiger partial charge >= 0.3 is 0 Å². The van der Waals surface area contributed by atoms with Crippen LogP contribution in [0.5, 0.6) is 0 Å². The first-order valence-electron chi connectivity index (χ1n) is 7.99. The van der Waals surface area contributed by atoms with Crippen molar-refractivity contribution in [2.75, 3.05) is 6.61 Å². The van der Waals surface area contributed by atoms with Crippen LogP contribution in [0.3, 0.4) is 0 Å². The second kappa shape index (κ2) is 9.56.